The summed E-state index contributed by atoms with van der Waals surface area (Å²) in [7, 11) is 3.12. The summed E-state index contributed by atoms with van der Waals surface area (Å²) in [5.74, 6) is 1.45. The predicted octanol–water partition coefficient (Wildman–Crippen LogP) is 4.69. The number of hydrogen-bond donors (Lipinski definition) is 2. The molecule has 4 aromatic rings. The largest absolute Gasteiger partial charge is 0.493 e. The van der Waals surface area contributed by atoms with E-state index in [0.29, 0.717) is 29.0 Å². The van der Waals surface area contributed by atoms with E-state index in [-0.39, 0.29) is 24.1 Å². The number of nitrogens with zero attached hydrogens (tertiary/aromatic N) is 3. The van der Waals surface area contributed by atoms with Crippen molar-refractivity contribution >= 4 is 46.1 Å². The molecule has 9 nitrogen and oxygen atoms in total. The number of methoxy groups -OCH3 is 2. The van der Waals surface area contributed by atoms with Gasteiger partial charge in [-0.2, -0.15) is 0 Å². The third-order valence-electron chi connectivity index (χ3n) is 5.76. The van der Waals surface area contributed by atoms with Crippen molar-refractivity contribution in [1.82, 2.24) is 20.1 Å². The van der Waals surface area contributed by atoms with E-state index in [1.165, 1.54) is 17.8 Å². The number of carbonyl (C=O) groups is 2. The van der Waals surface area contributed by atoms with Crippen molar-refractivity contribution in [1.29, 1.82) is 0 Å². The fourth-order valence-corrected chi connectivity index (χ4v) is 4.64. The summed E-state index contributed by atoms with van der Waals surface area (Å²) in [6.45, 7) is 4.40. The Morgan fingerprint density at radius 1 is 1.03 bits per heavy atom. The van der Waals surface area contributed by atoms with Crippen molar-refractivity contribution in [3.63, 3.8) is 0 Å². The van der Waals surface area contributed by atoms with Crippen LogP contribution in [0.4, 0.5) is 5.69 Å². The summed E-state index contributed by atoms with van der Waals surface area (Å²) in [4.78, 5) is 25.1. The minimum atomic E-state index is -0.290. The Morgan fingerprint density at radius 2 is 1.82 bits per heavy atom. The predicted molar refractivity (Wildman–Crippen MR) is 154 cm³/mol. The Bertz CT molecular complexity index is 1510. The molecule has 39 heavy (non-hydrogen) atoms. The number of carbonyl (C=O) groups excluding carboxylic acids is 2. The third-order valence-corrected chi connectivity index (χ3v) is 6.72. The number of nitrogens with one attached hydrogen (secondary N) is 2. The number of anilines is 1. The molecule has 0 radical (unpaired) electrons. The first-order valence-electron chi connectivity index (χ1n) is 12.1. The molecule has 0 saturated heterocycles. The van der Waals surface area contributed by atoms with Crippen LogP contribution in [0.5, 0.6) is 11.5 Å². The highest BCUT2D eigenvalue weighted by atomic mass is 32.2. The second kappa shape index (κ2) is 13.3. The molecule has 0 aliphatic carbocycles. The average molecular weight is 544 g/mol. The molecular weight excluding hydrogens is 514 g/mol. The first kappa shape index (κ1) is 27.5. The van der Waals surface area contributed by atoms with E-state index in [4.69, 9.17) is 9.47 Å². The summed E-state index contributed by atoms with van der Waals surface area (Å²) >= 11 is 1.27. The third kappa shape index (κ3) is 7.05. The van der Waals surface area contributed by atoms with Crippen molar-refractivity contribution in [2.45, 2.75) is 18.2 Å². The SMILES string of the molecule is C=CCn1c(CNC(=O)/C=C/c2ccc(OC)c(OC)c2)nnc1SCC(=O)Nc1cccc2ccccc12. The van der Waals surface area contributed by atoms with E-state index in [9.17, 15) is 9.59 Å². The van der Waals surface area contributed by atoms with E-state index in [2.05, 4.69) is 27.4 Å². The number of allylic oxidation sites excluding steroid dienone is 1. The summed E-state index contributed by atoms with van der Waals surface area (Å²) in [5.41, 5.74) is 1.55. The number of thioether (sulfide) groups is 1. The smallest absolute Gasteiger partial charge is 0.244 e. The molecule has 4 rings (SSSR count). The number of benzene rings is 3. The minimum absolute atomic E-state index is 0.152. The van der Waals surface area contributed by atoms with E-state index < -0.39 is 0 Å². The molecule has 0 bridgehead atoms. The van der Waals surface area contributed by atoms with Gasteiger partial charge in [-0.1, -0.05) is 60.3 Å². The number of fused-ring (bicyclic) bond motifs is 1. The first-order valence-corrected chi connectivity index (χ1v) is 13.1. The van der Waals surface area contributed by atoms with Crippen molar-refractivity contribution in [3.05, 3.63) is 90.8 Å². The zero-order chi connectivity index (χ0) is 27.6. The second-order valence-corrected chi connectivity index (χ2v) is 9.27. The molecule has 2 N–H and O–H groups in total. The summed E-state index contributed by atoms with van der Waals surface area (Å²) < 4.78 is 12.4. The highest BCUT2D eigenvalue weighted by Crippen LogP contribution is 2.28. The molecule has 2 amide bonds. The van der Waals surface area contributed by atoms with Gasteiger partial charge in [-0.3, -0.25) is 9.59 Å². The van der Waals surface area contributed by atoms with E-state index >= 15 is 0 Å². The van der Waals surface area contributed by atoms with Crippen molar-refractivity contribution in [3.8, 4) is 11.5 Å². The maximum absolute atomic E-state index is 12.7. The van der Waals surface area contributed by atoms with Crippen LogP contribution in [0.15, 0.2) is 84.6 Å². The van der Waals surface area contributed by atoms with Gasteiger partial charge in [0.05, 0.1) is 26.5 Å². The lowest BCUT2D eigenvalue weighted by Gasteiger charge is -2.10. The number of aromatic nitrogens is 3. The first-order chi connectivity index (χ1) is 19.0. The van der Waals surface area contributed by atoms with Gasteiger partial charge < -0.3 is 24.7 Å². The molecule has 0 atom stereocenters. The molecule has 0 unspecified atom stereocenters. The molecule has 200 valence electrons. The number of rotatable bonds is 12. The van der Waals surface area contributed by atoms with Gasteiger partial charge in [0.15, 0.2) is 22.5 Å². The van der Waals surface area contributed by atoms with Crippen LogP contribution in [0, 0.1) is 0 Å². The number of amides is 2. The zero-order valence-electron chi connectivity index (χ0n) is 21.7. The van der Waals surface area contributed by atoms with Crippen LogP contribution in [0.25, 0.3) is 16.8 Å². The van der Waals surface area contributed by atoms with Crippen LogP contribution < -0.4 is 20.1 Å². The van der Waals surface area contributed by atoms with Crippen LogP contribution in [0.3, 0.4) is 0 Å². The van der Waals surface area contributed by atoms with Gasteiger partial charge in [0.2, 0.25) is 11.8 Å². The minimum Gasteiger partial charge on any atom is -0.493 e. The van der Waals surface area contributed by atoms with Crippen molar-refractivity contribution in [2.75, 3.05) is 25.3 Å². The monoisotopic (exact) mass is 543 g/mol. The Labute approximate surface area is 230 Å². The summed E-state index contributed by atoms with van der Waals surface area (Å²) in [6, 6.07) is 19.1. The molecule has 10 heteroatoms. The molecule has 0 aliphatic rings. The fraction of sp³-hybridized carbons (Fsp3) is 0.172. The number of hydrogen-bond acceptors (Lipinski definition) is 7. The van der Waals surface area contributed by atoms with Gasteiger partial charge in [-0.05, 0) is 35.2 Å². The Balaban J connectivity index is 1.35. The quantitative estimate of drug-likeness (QED) is 0.152. The van der Waals surface area contributed by atoms with E-state index in [1.54, 1.807) is 38.5 Å². The molecule has 1 heterocycles. The van der Waals surface area contributed by atoms with Gasteiger partial charge in [0, 0.05) is 23.7 Å². The van der Waals surface area contributed by atoms with Crippen molar-refractivity contribution in [2.24, 2.45) is 0 Å². The highest BCUT2D eigenvalue weighted by Gasteiger charge is 2.15. The zero-order valence-corrected chi connectivity index (χ0v) is 22.5. The van der Waals surface area contributed by atoms with Crippen LogP contribution in [0.1, 0.15) is 11.4 Å². The fourth-order valence-electron chi connectivity index (χ4n) is 3.87. The Kier molecular flexibility index (Phi) is 9.36. The van der Waals surface area contributed by atoms with Crippen LogP contribution in [0.2, 0.25) is 0 Å². The summed E-state index contributed by atoms with van der Waals surface area (Å²) in [6.07, 6.45) is 4.83. The molecule has 1 aromatic heterocycles. The molecule has 0 aliphatic heterocycles. The lowest BCUT2D eigenvalue weighted by molar-refractivity contribution is -0.116. The molecular formula is C29H29N5O4S. The Morgan fingerprint density at radius 3 is 2.62 bits per heavy atom. The van der Waals surface area contributed by atoms with Gasteiger partial charge in [0.25, 0.3) is 0 Å². The van der Waals surface area contributed by atoms with Gasteiger partial charge in [-0.15, -0.1) is 16.8 Å². The molecule has 0 saturated carbocycles. The molecule has 3 aromatic carbocycles. The standard InChI is InChI=1S/C29H29N5O4S/c1-4-16-34-26(18-30-27(35)15-13-20-12-14-24(37-2)25(17-20)38-3)32-33-29(34)39-19-28(36)31-23-11-7-9-21-8-5-6-10-22(21)23/h4-15,17H,1,16,18-19H2,2-3H3,(H,30,35)(H,31,36)/b15-13+. The van der Waals surface area contributed by atoms with Crippen LogP contribution in [-0.4, -0.2) is 46.6 Å². The lowest BCUT2D eigenvalue weighted by atomic mass is 10.1. The maximum atomic E-state index is 12.7. The molecule has 0 fully saturated rings. The van der Waals surface area contributed by atoms with E-state index in [1.807, 2.05) is 53.1 Å². The lowest BCUT2D eigenvalue weighted by Crippen LogP contribution is -2.23. The number of ether oxygens (including phenoxy) is 2. The van der Waals surface area contributed by atoms with Gasteiger partial charge in [-0.25, -0.2) is 0 Å². The Hall–Kier alpha value is -4.57. The maximum Gasteiger partial charge on any atom is 0.244 e. The average Bonchev–Trinajstić information content (AvgIpc) is 3.35. The van der Waals surface area contributed by atoms with Crippen LogP contribution >= 0.6 is 11.8 Å². The van der Waals surface area contributed by atoms with Gasteiger partial charge >= 0.3 is 0 Å². The highest BCUT2D eigenvalue weighted by molar-refractivity contribution is 7.99. The van der Waals surface area contributed by atoms with Gasteiger partial charge in [0.1, 0.15) is 0 Å². The molecule has 0 spiro atoms. The second-order valence-electron chi connectivity index (χ2n) is 8.33. The summed E-state index contributed by atoms with van der Waals surface area (Å²) in [5, 5.41) is 16.8. The van der Waals surface area contributed by atoms with Crippen molar-refractivity contribution < 1.29 is 19.1 Å². The van der Waals surface area contributed by atoms with Crippen LogP contribution in [-0.2, 0) is 22.7 Å². The normalized spacial score (nSPS) is 10.9. The van der Waals surface area contributed by atoms with E-state index in [0.717, 1.165) is 22.0 Å². The topological polar surface area (TPSA) is 107 Å².